The van der Waals surface area contributed by atoms with Crippen LogP contribution in [0.3, 0.4) is 0 Å². The van der Waals surface area contributed by atoms with Gasteiger partial charge in [-0.1, -0.05) is 0 Å². The Bertz CT molecular complexity index is 471. The van der Waals surface area contributed by atoms with Crippen molar-refractivity contribution in [3.63, 3.8) is 0 Å². The second-order valence-corrected chi connectivity index (χ2v) is 6.33. The van der Waals surface area contributed by atoms with Crippen LogP contribution in [0.25, 0.3) is 0 Å². The van der Waals surface area contributed by atoms with Gasteiger partial charge in [-0.25, -0.2) is 9.18 Å². The maximum Gasteiger partial charge on any atom is 0.410 e. The number of carbonyl (C=O) groups excluding carboxylic acids is 1. The zero-order chi connectivity index (χ0) is 16.8. The van der Waals surface area contributed by atoms with E-state index < -0.39 is 5.60 Å². The number of nitrogens with zero attached hydrogens (tertiary/aromatic N) is 2. The monoisotopic (exact) mass is 311 g/mol. The van der Waals surface area contributed by atoms with Crippen LogP contribution in [0.1, 0.15) is 45.9 Å². The number of halogens is 1. The van der Waals surface area contributed by atoms with Gasteiger partial charge in [0.25, 0.3) is 0 Å². The number of carbonyl (C=O) groups is 1. The summed E-state index contributed by atoms with van der Waals surface area (Å²) in [4.78, 5) is 17.4. The summed E-state index contributed by atoms with van der Waals surface area (Å²) >= 11 is 0. The van der Waals surface area contributed by atoms with Gasteiger partial charge in [-0.3, -0.25) is 4.98 Å². The Labute approximate surface area is 131 Å². The molecule has 0 saturated carbocycles. The average Bonchev–Trinajstić information content (AvgIpc) is 2.42. The Morgan fingerprint density at radius 1 is 1.45 bits per heavy atom. The summed E-state index contributed by atoms with van der Waals surface area (Å²) in [5.41, 5.74) is 0.314. The second kappa shape index (κ2) is 8.08. The number of aromatic nitrogens is 1. The number of nitrogens with one attached hydrogen (secondary N) is 1. The first-order valence-electron chi connectivity index (χ1n) is 7.48. The van der Waals surface area contributed by atoms with Crippen LogP contribution in [0.15, 0.2) is 18.3 Å². The first-order chi connectivity index (χ1) is 10.2. The highest BCUT2D eigenvalue weighted by Gasteiger charge is 2.19. The van der Waals surface area contributed by atoms with Crippen molar-refractivity contribution in [3.8, 4) is 0 Å². The van der Waals surface area contributed by atoms with E-state index in [2.05, 4.69) is 10.3 Å². The number of pyridine rings is 1. The van der Waals surface area contributed by atoms with Crippen molar-refractivity contribution in [1.29, 1.82) is 0 Å². The van der Waals surface area contributed by atoms with Gasteiger partial charge in [0, 0.05) is 19.6 Å². The summed E-state index contributed by atoms with van der Waals surface area (Å²) in [6.45, 7) is 8.84. The second-order valence-electron chi connectivity index (χ2n) is 6.33. The first-order valence-corrected chi connectivity index (χ1v) is 7.48. The van der Waals surface area contributed by atoms with E-state index in [1.807, 2.05) is 27.7 Å². The van der Waals surface area contributed by atoms with Gasteiger partial charge in [-0.05, 0) is 52.8 Å². The van der Waals surface area contributed by atoms with E-state index in [4.69, 9.17) is 4.74 Å². The number of rotatable bonds is 6. The number of ether oxygens (including phenoxy) is 1. The van der Waals surface area contributed by atoms with E-state index in [-0.39, 0.29) is 18.0 Å². The predicted octanol–water partition coefficient (Wildman–Crippen LogP) is 3.13. The van der Waals surface area contributed by atoms with Crippen LogP contribution in [0.5, 0.6) is 0 Å². The number of hydrogen-bond acceptors (Lipinski definition) is 4. The summed E-state index contributed by atoms with van der Waals surface area (Å²) in [6, 6.07) is 3.10. The Morgan fingerprint density at radius 3 is 2.68 bits per heavy atom. The maximum absolute atomic E-state index is 12.8. The third-order valence-electron chi connectivity index (χ3n) is 3.02. The minimum Gasteiger partial charge on any atom is -0.444 e. The van der Waals surface area contributed by atoms with E-state index in [1.54, 1.807) is 18.0 Å². The molecule has 0 fully saturated rings. The molecule has 0 aliphatic heterocycles. The molecule has 1 aromatic heterocycles. The molecule has 6 heteroatoms. The lowest BCUT2D eigenvalue weighted by atomic mass is 10.2. The molecule has 1 aromatic rings. The number of amides is 1. The predicted molar refractivity (Wildman–Crippen MR) is 84.1 cm³/mol. The van der Waals surface area contributed by atoms with Crippen LogP contribution in [0, 0.1) is 5.82 Å². The first kappa shape index (κ1) is 18.4. The molecule has 1 atom stereocenters. The van der Waals surface area contributed by atoms with Crippen LogP contribution < -0.4 is 5.32 Å². The van der Waals surface area contributed by atoms with Crippen molar-refractivity contribution in [3.05, 3.63) is 29.8 Å². The molecule has 0 aromatic carbocycles. The largest absolute Gasteiger partial charge is 0.444 e. The highest BCUT2D eigenvalue weighted by molar-refractivity contribution is 5.67. The normalized spacial score (nSPS) is 12.8. The van der Waals surface area contributed by atoms with Crippen LogP contribution in [0.4, 0.5) is 9.18 Å². The van der Waals surface area contributed by atoms with Crippen molar-refractivity contribution < 1.29 is 13.9 Å². The zero-order valence-corrected chi connectivity index (χ0v) is 14.0. The Hall–Kier alpha value is -1.69. The van der Waals surface area contributed by atoms with Crippen LogP contribution in [0.2, 0.25) is 0 Å². The van der Waals surface area contributed by atoms with Gasteiger partial charge in [0.15, 0.2) is 0 Å². The zero-order valence-electron chi connectivity index (χ0n) is 14.0. The fourth-order valence-electron chi connectivity index (χ4n) is 1.81. The van der Waals surface area contributed by atoms with E-state index in [0.29, 0.717) is 6.54 Å². The van der Waals surface area contributed by atoms with Gasteiger partial charge in [0.1, 0.15) is 11.4 Å². The smallest absolute Gasteiger partial charge is 0.410 e. The molecule has 5 nitrogen and oxygen atoms in total. The van der Waals surface area contributed by atoms with E-state index in [0.717, 1.165) is 18.7 Å². The lowest BCUT2D eigenvalue weighted by Crippen LogP contribution is -2.35. The Kier molecular flexibility index (Phi) is 6.74. The SMILES string of the molecule is CC(NCCCN(C)C(=O)OC(C)(C)C)c1ccc(F)cn1. The molecule has 0 aliphatic rings. The van der Waals surface area contributed by atoms with Gasteiger partial charge < -0.3 is 15.0 Å². The molecule has 0 saturated heterocycles. The standard InChI is InChI=1S/C16H26FN3O2/c1-12(14-8-7-13(17)11-19-14)18-9-6-10-20(5)15(21)22-16(2,3)4/h7-8,11-12,18H,6,9-10H2,1-5H3. The highest BCUT2D eigenvalue weighted by atomic mass is 19.1. The molecular weight excluding hydrogens is 285 g/mol. The fourth-order valence-corrected chi connectivity index (χ4v) is 1.81. The van der Waals surface area contributed by atoms with Crippen LogP contribution in [-0.2, 0) is 4.74 Å². The highest BCUT2D eigenvalue weighted by Crippen LogP contribution is 2.10. The van der Waals surface area contributed by atoms with E-state index >= 15 is 0 Å². The van der Waals surface area contributed by atoms with Gasteiger partial charge in [-0.2, -0.15) is 0 Å². The summed E-state index contributed by atoms with van der Waals surface area (Å²) < 4.78 is 18.1. The fraction of sp³-hybridized carbons (Fsp3) is 0.625. The van der Waals surface area contributed by atoms with Gasteiger partial charge in [-0.15, -0.1) is 0 Å². The summed E-state index contributed by atoms with van der Waals surface area (Å²) in [7, 11) is 1.72. The topological polar surface area (TPSA) is 54.5 Å². The molecule has 0 spiro atoms. The van der Waals surface area contributed by atoms with Crippen LogP contribution >= 0.6 is 0 Å². The summed E-state index contributed by atoms with van der Waals surface area (Å²) in [6.07, 6.45) is 1.69. The lowest BCUT2D eigenvalue weighted by Gasteiger charge is -2.24. The molecule has 1 rings (SSSR count). The van der Waals surface area contributed by atoms with E-state index in [1.165, 1.54) is 12.3 Å². The number of hydrogen-bond donors (Lipinski definition) is 1. The van der Waals surface area contributed by atoms with Gasteiger partial charge in [0.2, 0.25) is 0 Å². The molecule has 22 heavy (non-hydrogen) atoms. The van der Waals surface area contributed by atoms with E-state index in [9.17, 15) is 9.18 Å². The maximum atomic E-state index is 12.8. The van der Waals surface area contributed by atoms with Gasteiger partial charge >= 0.3 is 6.09 Å². The average molecular weight is 311 g/mol. The van der Waals surface area contributed by atoms with Crippen molar-refractivity contribution in [2.45, 2.75) is 45.8 Å². The molecule has 1 heterocycles. The van der Waals surface area contributed by atoms with Crippen molar-refractivity contribution in [1.82, 2.24) is 15.2 Å². The third kappa shape index (κ3) is 6.85. The molecule has 1 unspecified atom stereocenters. The third-order valence-corrected chi connectivity index (χ3v) is 3.02. The molecule has 1 amide bonds. The Morgan fingerprint density at radius 2 is 2.14 bits per heavy atom. The summed E-state index contributed by atoms with van der Waals surface area (Å²) in [5.74, 6) is -0.338. The van der Waals surface area contributed by atoms with Crippen LogP contribution in [-0.4, -0.2) is 41.7 Å². The molecule has 124 valence electrons. The van der Waals surface area contributed by atoms with Gasteiger partial charge in [0.05, 0.1) is 11.9 Å². The van der Waals surface area contributed by atoms with Crippen molar-refractivity contribution >= 4 is 6.09 Å². The molecule has 1 N–H and O–H groups in total. The Balaban J connectivity index is 2.27. The molecular formula is C16H26FN3O2. The summed E-state index contributed by atoms with van der Waals surface area (Å²) in [5, 5.41) is 3.30. The molecule has 0 radical (unpaired) electrons. The quantitative estimate of drug-likeness (QED) is 0.820. The van der Waals surface area contributed by atoms with Crippen molar-refractivity contribution in [2.24, 2.45) is 0 Å². The molecule has 0 aliphatic carbocycles. The minimum atomic E-state index is -0.480. The minimum absolute atomic E-state index is 0.0347. The lowest BCUT2D eigenvalue weighted by molar-refractivity contribution is 0.0297. The molecule has 0 bridgehead atoms. The van der Waals surface area contributed by atoms with Crippen molar-refractivity contribution in [2.75, 3.05) is 20.1 Å².